The summed E-state index contributed by atoms with van der Waals surface area (Å²) in [5, 5.41) is 9.82. The molecule has 0 bridgehead atoms. The lowest BCUT2D eigenvalue weighted by atomic mass is 10.2. The Bertz CT molecular complexity index is 953. The minimum Gasteiger partial charge on any atom is -0.357 e. The second-order valence-corrected chi connectivity index (χ2v) is 7.15. The summed E-state index contributed by atoms with van der Waals surface area (Å²) in [7, 11) is 0. The molecule has 8 nitrogen and oxygen atoms in total. The van der Waals surface area contributed by atoms with Crippen molar-refractivity contribution in [3.63, 3.8) is 0 Å². The number of pyridine rings is 1. The van der Waals surface area contributed by atoms with Gasteiger partial charge in [0.05, 0.1) is 12.1 Å². The zero-order chi connectivity index (χ0) is 20.1. The number of benzene rings is 1. The number of hydrogen-bond donors (Lipinski definition) is 3. The van der Waals surface area contributed by atoms with Crippen molar-refractivity contribution in [2.45, 2.75) is 32.2 Å². The zero-order valence-corrected chi connectivity index (χ0v) is 18.7. The maximum atomic E-state index is 12.5. The van der Waals surface area contributed by atoms with Crippen molar-refractivity contribution in [1.82, 2.24) is 20.2 Å². The number of hydrogen-bond acceptors (Lipinski definition) is 6. The smallest absolute Gasteiger partial charge is 0.257 e. The number of nitrogens with two attached hydrogens (primary N) is 1. The van der Waals surface area contributed by atoms with Crippen molar-refractivity contribution in [3.8, 4) is 11.4 Å². The minimum atomic E-state index is -0.184. The molecule has 1 amide bonds. The van der Waals surface area contributed by atoms with Gasteiger partial charge in [-0.15, -0.1) is 24.8 Å². The van der Waals surface area contributed by atoms with Gasteiger partial charge in [0.2, 0.25) is 0 Å². The molecular formula is C21H27Cl2N7O. The van der Waals surface area contributed by atoms with E-state index in [2.05, 4.69) is 30.4 Å². The van der Waals surface area contributed by atoms with Gasteiger partial charge in [-0.25, -0.2) is 9.97 Å². The van der Waals surface area contributed by atoms with Gasteiger partial charge in [0.25, 0.3) is 5.91 Å². The molecule has 166 valence electrons. The highest BCUT2D eigenvalue weighted by atomic mass is 35.5. The summed E-state index contributed by atoms with van der Waals surface area (Å²) in [4.78, 5) is 23.6. The molecule has 1 aromatic carbocycles. The lowest BCUT2D eigenvalue weighted by Gasteiger charge is -2.21. The highest BCUT2D eigenvalue weighted by Crippen LogP contribution is 2.20. The van der Waals surface area contributed by atoms with Crippen molar-refractivity contribution in [1.29, 1.82) is 0 Å². The molecule has 0 radical (unpaired) electrons. The highest BCUT2D eigenvalue weighted by molar-refractivity contribution is 6.04. The predicted octanol–water partition coefficient (Wildman–Crippen LogP) is 3.80. The van der Waals surface area contributed by atoms with E-state index in [1.54, 1.807) is 6.20 Å². The van der Waals surface area contributed by atoms with Crippen LogP contribution in [0.3, 0.4) is 0 Å². The summed E-state index contributed by atoms with van der Waals surface area (Å²) in [6, 6.07) is 11.1. The van der Waals surface area contributed by atoms with Crippen molar-refractivity contribution >= 4 is 42.2 Å². The Morgan fingerprint density at radius 1 is 1.03 bits per heavy atom. The molecule has 0 saturated carbocycles. The Labute approximate surface area is 193 Å². The molecule has 0 unspecified atom stereocenters. The summed E-state index contributed by atoms with van der Waals surface area (Å²) in [5.41, 5.74) is 7.63. The van der Waals surface area contributed by atoms with Crippen LogP contribution in [0.5, 0.6) is 0 Å². The average molecular weight is 464 g/mol. The van der Waals surface area contributed by atoms with Crippen molar-refractivity contribution in [2.75, 3.05) is 23.3 Å². The molecule has 4 rings (SSSR count). The Balaban J connectivity index is 0.00000171. The maximum Gasteiger partial charge on any atom is 0.257 e. The summed E-state index contributed by atoms with van der Waals surface area (Å²) in [5.74, 6) is 1.97. The number of carbonyl (C=O) groups is 1. The summed E-state index contributed by atoms with van der Waals surface area (Å²) < 4.78 is 0. The van der Waals surface area contributed by atoms with Crippen LogP contribution in [-0.2, 0) is 6.54 Å². The Morgan fingerprint density at radius 2 is 1.74 bits per heavy atom. The van der Waals surface area contributed by atoms with Crippen LogP contribution in [0.4, 0.5) is 11.5 Å². The van der Waals surface area contributed by atoms with Crippen LogP contribution < -0.4 is 16.0 Å². The number of amides is 1. The first-order valence-electron chi connectivity index (χ1n) is 9.97. The largest absolute Gasteiger partial charge is 0.357 e. The Morgan fingerprint density at radius 3 is 2.32 bits per heavy atom. The van der Waals surface area contributed by atoms with E-state index in [0.717, 1.165) is 24.5 Å². The molecule has 0 spiro atoms. The van der Waals surface area contributed by atoms with Gasteiger partial charge in [-0.3, -0.25) is 9.89 Å². The molecule has 1 aliphatic heterocycles. The standard InChI is InChI=1S/C21H25N7O.2ClH/c22-13-18-25-20(27-26-18)15-5-8-17(9-6-15)24-21(29)16-7-10-19(23-14-16)28-11-3-1-2-4-12-28;;/h5-10,14H,1-4,11-13,22H2,(H,24,29)(H,25,26,27);2*1H. The minimum absolute atomic E-state index is 0. The quantitative estimate of drug-likeness (QED) is 0.530. The summed E-state index contributed by atoms with van der Waals surface area (Å²) in [6.07, 6.45) is 6.59. The molecule has 0 atom stereocenters. The second kappa shape index (κ2) is 11.6. The van der Waals surface area contributed by atoms with E-state index in [1.165, 1.54) is 25.7 Å². The fourth-order valence-corrected chi connectivity index (χ4v) is 3.43. The summed E-state index contributed by atoms with van der Waals surface area (Å²) >= 11 is 0. The Kier molecular flexibility index (Phi) is 9.23. The molecule has 31 heavy (non-hydrogen) atoms. The van der Waals surface area contributed by atoms with E-state index in [1.807, 2.05) is 36.4 Å². The van der Waals surface area contributed by atoms with Gasteiger partial charge in [0.15, 0.2) is 5.82 Å². The third kappa shape index (κ3) is 6.16. The molecule has 1 fully saturated rings. The highest BCUT2D eigenvalue weighted by Gasteiger charge is 2.13. The van der Waals surface area contributed by atoms with Gasteiger partial charge in [0, 0.05) is 30.5 Å². The molecule has 3 heterocycles. The van der Waals surface area contributed by atoms with Gasteiger partial charge in [-0.05, 0) is 49.2 Å². The first-order chi connectivity index (χ1) is 14.2. The first kappa shape index (κ1) is 24.6. The molecule has 1 aliphatic rings. The number of nitrogens with zero attached hydrogens (tertiary/aromatic N) is 4. The monoisotopic (exact) mass is 463 g/mol. The molecule has 10 heteroatoms. The van der Waals surface area contributed by atoms with Gasteiger partial charge >= 0.3 is 0 Å². The fourth-order valence-electron chi connectivity index (χ4n) is 3.43. The molecule has 3 aromatic rings. The first-order valence-corrected chi connectivity index (χ1v) is 9.97. The van der Waals surface area contributed by atoms with Crippen molar-refractivity contribution in [3.05, 3.63) is 54.0 Å². The van der Waals surface area contributed by atoms with Crippen LogP contribution >= 0.6 is 24.8 Å². The van der Waals surface area contributed by atoms with Crippen molar-refractivity contribution < 1.29 is 4.79 Å². The average Bonchev–Trinajstić information content (AvgIpc) is 3.08. The van der Waals surface area contributed by atoms with Crippen LogP contribution in [0, 0.1) is 0 Å². The van der Waals surface area contributed by atoms with Gasteiger partial charge in [0.1, 0.15) is 11.6 Å². The maximum absolute atomic E-state index is 12.5. The number of nitrogens with one attached hydrogen (secondary N) is 2. The van der Waals surface area contributed by atoms with E-state index in [0.29, 0.717) is 29.4 Å². The lowest BCUT2D eigenvalue weighted by Crippen LogP contribution is -2.25. The van der Waals surface area contributed by atoms with Crippen LogP contribution in [0.15, 0.2) is 42.6 Å². The fraction of sp³-hybridized carbons (Fsp3) is 0.333. The predicted molar refractivity (Wildman–Crippen MR) is 127 cm³/mol. The van der Waals surface area contributed by atoms with E-state index in [9.17, 15) is 4.79 Å². The van der Waals surface area contributed by atoms with Crippen LogP contribution in [-0.4, -0.2) is 39.2 Å². The van der Waals surface area contributed by atoms with Crippen LogP contribution in [0.1, 0.15) is 41.9 Å². The molecule has 2 aromatic heterocycles. The van der Waals surface area contributed by atoms with Crippen molar-refractivity contribution in [2.24, 2.45) is 5.73 Å². The molecule has 0 aliphatic carbocycles. The van der Waals surface area contributed by atoms with Gasteiger partial charge in [-0.2, -0.15) is 5.10 Å². The Hall–Kier alpha value is -2.68. The third-order valence-corrected chi connectivity index (χ3v) is 5.07. The number of H-pyrrole nitrogens is 1. The number of carbonyl (C=O) groups excluding carboxylic acids is 1. The van der Waals surface area contributed by atoms with E-state index >= 15 is 0 Å². The van der Waals surface area contributed by atoms with E-state index in [4.69, 9.17) is 5.73 Å². The van der Waals surface area contributed by atoms with E-state index in [-0.39, 0.29) is 30.7 Å². The number of rotatable bonds is 5. The second-order valence-electron chi connectivity index (χ2n) is 7.15. The number of aromatic amines is 1. The topological polar surface area (TPSA) is 113 Å². The van der Waals surface area contributed by atoms with Gasteiger partial charge in [-0.1, -0.05) is 12.8 Å². The summed E-state index contributed by atoms with van der Waals surface area (Å²) in [6.45, 7) is 2.37. The zero-order valence-electron chi connectivity index (χ0n) is 17.1. The number of anilines is 2. The van der Waals surface area contributed by atoms with Crippen LogP contribution in [0.2, 0.25) is 0 Å². The lowest BCUT2D eigenvalue weighted by molar-refractivity contribution is 0.102. The third-order valence-electron chi connectivity index (χ3n) is 5.07. The molecular weight excluding hydrogens is 437 g/mol. The molecule has 4 N–H and O–H groups in total. The van der Waals surface area contributed by atoms with Crippen LogP contribution in [0.25, 0.3) is 11.4 Å². The van der Waals surface area contributed by atoms with E-state index < -0.39 is 0 Å². The SMILES string of the molecule is Cl.Cl.NCc1nc(-c2ccc(NC(=O)c3ccc(N4CCCCCC4)nc3)cc2)n[nH]1. The normalized spacial score (nSPS) is 13.5. The van der Waals surface area contributed by atoms with Gasteiger partial charge < -0.3 is 16.0 Å². The number of aromatic nitrogens is 4. The molecule has 1 saturated heterocycles. The number of halogens is 2.